The summed E-state index contributed by atoms with van der Waals surface area (Å²) in [7, 11) is 0. The highest BCUT2D eigenvalue weighted by Crippen LogP contribution is 2.27. The molecule has 0 unspecified atom stereocenters. The first-order valence-corrected chi connectivity index (χ1v) is 11.1. The Labute approximate surface area is 195 Å². The van der Waals surface area contributed by atoms with E-state index < -0.39 is 5.91 Å². The second-order valence-corrected chi connectivity index (χ2v) is 8.11. The highest BCUT2D eigenvalue weighted by molar-refractivity contribution is 7.18. The molecule has 0 radical (unpaired) electrons. The molecule has 0 aliphatic heterocycles. The zero-order chi connectivity index (χ0) is 23.2. The molecular weight excluding hydrogens is 434 g/mol. The van der Waals surface area contributed by atoms with Gasteiger partial charge < -0.3 is 9.30 Å². The van der Waals surface area contributed by atoms with Gasteiger partial charge in [-0.3, -0.25) is 10.1 Å². The summed E-state index contributed by atoms with van der Waals surface area (Å²) in [6.07, 6.45) is 3.42. The van der Waals surface area contributed by atoms with Crippen molar-refractivity contribution < 1.29 is 9.53 Å². The van der Waals surface area contributed by atoms with Gasteiger partial charge in [0.25, 0.3) is 5.91 Å². The number of ether oxygens (including phenoxy) is 1. The molecule has 1 N–H and O–H groups in total. The number of aryl methyl sites for hydroxylation is 1. The molecule has 8 heteroatoms. The molecule has 4 aromatic rings. The van der Waals surface area contributed by atoms with Crippen molar-refractivity contribution in [2.75, 3.05) is 11.9 Å². The lowest BCUT2D eigenvalue weighted by molar-refractivity contribution is -0.112. The summed E-state index contributed by atoms with van der Waals surface area (Å²) in [5.41, 5.74) is 3.59. The van der Waals surface area contributed by atoms with Crippen molar-refractivity contribution in [3.8, 4) is 28.1 Å². The molecule has 0 saturated carbocycles. The number of nitriles is 1. The molecule has 4 rings (SSSR count). The Balaban J connectivity index is 1.53. The lowest BCUT2D eigenvalue weighted by Crippen LogP contribution is -2.13. The molecule has 7 nitrogen and oxygen atoms in total. The van der Waals surface area contributed by atoms with Crippen LogP contribution in [-0.2, 0) is 4.79 Å². The molecule has 2 aromatic carbocycles. The predicted molar refractivity (Wildman–Crippen MR) is 129 cm³/mol. The first-order valence-electron chi connectivity index (χ1n) is 10.3. The fourth-order valence-corrected chi connectivity index (χ4v) is 3.98. The normalized spacial score (nSPS) is 11.1. The minimum Gasteiger partial charge on any atom is -0.494 e. The Bertz CT molecular complexity index is 1350. The molecule has 2 heterocycles. The first kappa shape index (κ1) is 22.0. The maximum absolute atomic E-state index is 12.7. The van der Waals surface area contributed by atoms with Gasteiger partial charge in [0.1, 0.15) is 22.4 Å². The van der Waals surface area contributed by atoms with Crippen molar-refractivity contribution >= 4 is 28.5 Å². The van der Waals surface area contributed by atoms with Gasteiger partial charge in [0.05, 0.1) is 6.61 Å². The Kier molecular flexibility index (Phi) is 6.62. The third-order valence-corrected chi connectivity index (χ3v) is 5.66. The number of carbonyl (C=O) groups is 1. The van der Waals surface area contributed by atoms with Crippen molar-refractivity contribution in [2.24, 2.45) is 0 Å². The molecule has 0 spiro atoms. The van der Waals surface area contributed by atoms with Crippen molar-refractivity contribution in [1.82, 2.24) is 14.8 Å². The topological polar surface area (TPSA) is 92.8 Å². The SMILES string of the molecule is CCOc1ccc(-n2cccc2/C=C(/C#N)C(=O)Nc2nnc(-c3cccc(C)c3)s2)cc1. The van der Waals surface area contributed by atoms with E-state index in [0.29, 0.717) is 22.4 Å². The fraction of sp³-hybridized carbons (Fsp3) is 0.120. The van der Waals surface area contributed by atoms with Gasteiger partial charge in [-0.2, -0.15) is 5.26 Å². The van der Waals surface area contributed by atoms with E-state index >= 15 is 0 Å². The number of nitrogens with one attached hydrogen (secondary N) is 1. The van der Waals surface area contributed by atoms with Gasteiger partial charge in [0.15, 0.2) is 0 Å². The molecule has 0 saturated heterocycles. The summed E-state index contributed by atoms with van der Waals surface area (Å²) < 4.78 is 7.38. The molecule has 0 fully saturated rings. The van der Waals surface area contributed by atoms with Gasteiger partial charge in [-0.15, -0.1) is 10.2 Å². The number of hydrogen-bond acceptors (Lipinski definition) is 6. The Hall–Kier alpha value is -4.22. The summed E-state index contributed by atoms with van der Waals surface area (Å²) in [5, 5.41) is 21.5. The summed E-state index contributed by atoms with van der Waals surface area (Å²) >= 11 is 1.26. The van der Waals surface area contributed by atoms with Crippen LogP contribution in [0.5, 0.6) is 5.75 Å². The monoisotopic (exact) mass is 455 g/mol. The molecule has 0 aliphatic rings. The summed E-state index contributed by atoms with van der Waals surface area (Å²) in [4.78, 5) is 12.7. The van der Waals surface area contributed by atoms with E-state index in [-0.39, 0.29) is 5.57 Å². The first-order chi connectivity index (χ1) is 16.1. The van der Waals surface area contributed by atoms with Crippen molar-refractivity contribution in [3.63, 3.8) is 0 Å². The number of hydrogen-bond donors (Lipinski definition) is 1. The quantitative estimate of drug-likeness (QED) is 0.304. The fourth-order valence-electron chi connectivity index (χ4n) is 3.25. The molecule has 33 heavy (non-hydrogen) atoms. The Morgan fingerprint density at radius 1 is 1.18 bits per heavy atom. The largest absolute Gasteiger partial charge is 0.494 e. The Morgan fingerprint density at radius 3 is 2.73 bits per heavy atom. The van der Waals surface area contributed by atoms with Crippen LogP contribution in [0.1, 0.15) is 18.2 Å². The van der Waals surface area contributed by atoms with Gasteiger partial charge in [-0.25, -0.2) is 0 Å². The number of amides is 1. The minimum absolute atomic E-state index is 0.0341. The summed E-state index contributed by atoms with van der Waals surface area (Å²) in [5.74, 6) is 0.244. The van der Waals surface area contributed by atoms with Crippen molar-refractivity contribution in [2.45, 2.75) is 13.8 Å². The van der Waals surface area contributed by atoms with E-state index in [9.17, 15) is 10.1 Å². The van der Waals surface area contributed by atoms with Crippen LogP contribution in [0.25, 0.3) is 22.3 Å². The molecule has 1 amide bonds. The van der Waals surface area contributed by atoms with E-state index in [0.717, 1.165) is 22.6 Å². The number of rotatable bonds is 7. The lowest BCUT2D eigenvalue weighted by Gasteiger charge is -2.09. The molecule has 0 atom stereocenters. The van der Waals surface area contributed by atoms with Gasteiger partial charge in [-0.1, -0.05) is 35.1 Å². The second kappa shape index (κ2) is 9.94. The third kappa shape index (κ3) is 5.17. The van der Waals surface area contributed by atoms with Gasteiger partial charge in [-0.05, 0) is 62.4 Å². The van der Waals surface area contributed by atoms with Crippen LogP contribution >= 0.6 is 11.3 Å². The second-order valence-electron chi connectivity index (χ2n) is 7.14. The zero-order valence-electron chi connectivity index (χ0n) is 18.1. The molecular formula is C25H21N5O2S. The average Bonchev–Trinajstić information content (AvgIpc) is 3.48. The van der Waals surface area contributed by atoms with Crippen LogP contribution < -0.4 is 10.1 Å². The van der Waals surface area contributed by atoms with E-state index in [1.165, 1.54) is 11.3 Å². The van der Waals surface area contributed by atoms with E-state index in [1.54, 1.807) is 6.08 Å². The summed E-state index contributed by atoms with van der Waals surface area (Å²) in [6, 6.07) is 21.2. The van der Waals surface area contributed by atoms with Crippen LogP contribution in [0.15, 0.2) is 72.4 Å². The smallest absolute Gasteiger partial charge is 0.268 e. The van der Waals surface area contributed by atoms with Crippen LogP contribution in [0.2, 0.25) is 0 Å². The molecule has 164 valence electrons. The predicted octanol–water partition coefficient (Wildman–Crippen LogP) is 5.25. The van der Waals surface area contributed by atoms with Gasteiger partial charge >= 0.3 is 0 Å². The van der Waals surface area contributed by atoms with Gasteiger partial charge in [0.2, 0.25) is 5.13 Å². The van der Waals surface area contributed by atoms with Crippen LogP contribution in [0, 0.1) is 18.3 Å². The highest BCUT2D eigenvalue weighted by Gasteiger charge is 2.15. The highest BCUT2D eigenvalue weighted by atomic mass is 32.1. The van der Waals surface area contributed by atoms with E-state index in [4.69, 9.17) is 4.74 Å². The minimum atomic E-state index is -0.538. The summed E-state index contributed by atoms with van der Waals surface area (Å²) in [6.45, 7) is 4.53. The van der Waals surface area contributed by atoms with Crippen LogP contribution in [-0.4, -0.2) is 27.3 Å². The number of benzene rings is 2. The van der Waals surface area contributed by atoms with Gasteiger partial charge in [0, 0.05) is 23.1 Å². The van der Waals surface area contributed by atoms with E-state index in [1.807, 2.05) is 91.3 Å². The molecule has 2 aromatic heterocycles. The average molecular weight is 456 g/mol. The molecule has 0 aliphatic carbocycles. The van der Waals surface area contributed by atoms with Crippen LogP contribution in [0.3, 0.4) is 0 Å². The number of aromatic nitrogens is 3. The number of nitrogens with zero attached hydrogens (tertiary/aromatic N) is 4. The number of carbonyl (C=O) groups excluding carboxylic acids is 1. The third-order valence-electron chi connectivity index (χ3n) is 4.77. The van der Waals surface area contributed by atoms with E-state index in [2.05, 4.69) is 15.5 Å². The Morgan fingerprint density at radius 2 is 2.00 bits per heavy atom. The maximum Gasteiger partial charge on any atom is 0.268 e. The maximum atomic E-state index is 12.7. The van der Waals surface area contributed by atoms with Crippen molar-refractivity contribution in [1.29, 1.82) is 5.26 Å². The van der Waals surface area contributed by atoms with Crippen LogP contribution in [0.4, 0.5) is 5.13 Å². The zero-order valence-corrected chi connectivity index (χ0v) is 19.0. The molecule has 0 bridgehead atoms. The number of anilines is 1. The van der Waals surface area contributed by atoms with Crippen molar-refractivity contribution in [3.05, 3.63) is 83.7 Å². The lowest BCUT2D eigenvalue weighted by atomic mass is 10.1. The standard InChI is InChI=1S/C25H21N5O2S/c1-3-32-22-11-9-20(10-12-22)30-13-5-8-21(30)15-19(16-26)23(31)27-25-29-28-24(33-25)18-7-4-6-17(2)14-18/h4-15H,3H2,1-2H3,(H,27,29,31)/b19-15-.